The van der Waals surface area contributed by atoms with Gasteiger partial charge in [0.25, 0.3) is 0 Å². The number of thiophene rings is 1. The quantitative estimate of drug-likeness (QED) is 0.684. The van der Waals surface area contributed by atoms with Gasteiger partial charge in [-0.05, 0) is 31.9 Å². The predicted molar refractivity (Wildman–Crippen MR) is 60.4 cm³/mol. The predicted octanol–water partition coefficient (Wildman–Crippen LogP) is 4.60. The molecule has 1 aromatic rings. The van der Waals surface area contributed by atoms with E-state index in [1.807, 2.05) is 11.3 Å². The van der Waals surface area contributed by atoms with Gasteiger partial charge < -0.3 is 0 Å². The number of hydrogen-bond donors (Lipinski definition) is 0. The Morgan fingerprint density at radius 2 is 2.17 bits per heavy atom. The fourth-order valence-corrected chi connectivity index (χ4v) is 3.50. The van der Waals surface area contributed by atoms with Crippen LogP contribution in [0.3, 0.4) is 0 Å². The smallest absolute Gasteiger partial charge is 0.0491 e. The Labute approximate surface area is 87.1 Å². The third-order valence-electron chi connectivity index (χ3n) is 1.91. The van der Waals surface area contributed by atoms with Gasteiger partial charge in [-0.25, -0.2) is 0 Å². The first-order valence-electron chi connectivity index (χ1n) is 4.36. The molecular formula is C10H15BrS. The lowest BCUT2D eigenvalue weighted by Gasteiger charge is -2.06. The molecule has 1 rings (SSSR count). The van der Waals surface area contributed by atoms with Crippen molar-refractivity contribution in [3.05, 3.63) is 21.4 Å². The molecule has 0 aliphatic heterocycles. The summed E-state index contributed by atoms with van der Waals surface area (Å²) in [6.45, 7) is 6.60. The van der Waals surface area contributed by atoms with E-state index in [-0.39, 0.29) is 0 Å². The highest BCUT2D eigenvalue weighted by Crippen LogP contribution is 2.35. The summed E-state index contributed by atoms with van der Waals surface area (Å²) in [5.74, 6) is 0. The molecule has 0 nitrogen and oxygen atoms in total. The molecule has 0 N–H and O–H groups in total. The fourth-order valence-electron chi connectivity index (χ4n) is 1.35. The molecule has 1 heterocycles. The zero-order valence-corrected chi connectivity index (χ0v) is 10.3. The molecule has 0 bridgehead atoms. The molecule has 0 aliphatic carbocycles. The van der Waals surface area contributed by atoms with Crippen molar-refractivity contribution in [2.24, 2.45) is 0 Å². The van der Waals surface area contributed by atoms with Crippen molar-refractivity contribution >= 4 is 27.3 Å². The lowest BCUT2D eigenvalue weighted by atomic mass is 10.1. The topological polar surface area (TPSA) is 0 Å². The molecule has 0 aliphatic rings. The molecular weight excluding hydrogens is 232 g/mol. The second-order valence-electron chi connectivity index (χ2n) is 3.16. The average molecular weight is 247 g/mol. The Morgan fingerprint density at radius 1 is 1.50 bits per heavy atom. The van der Waals surface area contributed by atoms with E-state index in [4.69, 9.17) is 0 Å². The van der Waals surface area contributed by atoms with Crippen LogP contribution < -0.4 is 0 Å². The van der Waals surface area contributed by atoms with Crippen LogP contribution >= 0.6 is 27.3 Å². The van der Waals surface area contributed by atoms with E-state index in [9.17, 15) is 0 Å². The minimum Gasteiger partial charge on any atom is -0.144 e. The largest absolute Gasteiger partial charge is 0.144 e. The van der Waals surface area contributed by atoms with Crippen LogP contribution in [-0.2, 0) is 0 Å². The molecule has 1 aromatic heterocycles. The molecule has 12 heavy (non-hydrogen) atoms. The second-order valence-corrected chi connectivity index (χ2v) is 5.55. The van der Waals surface area contributed by atoms with E-state index >= 15 is 0 Å². The van der Waals surface area contributed by atoms with E-state index < -0.39 is 0 Å². The molecule has 68 valence electrons. The van der Waals surface area contributed by atoms with Crippen LogP contribution in [-0.4, -0.2) is 0 Å². The maximum absolute atomic E-state index is 3.72. The van der Waals surface area contributed by atoms with Gasteiger partial charge in [-0.1, -0.05) is 29.3 Å². The SMILES string of the molecule is CCCC(Br)c1sc(C)cc1C. The zero-order valence-electron chi connectivity index (χ0n) is 7.86. The number of halogens is 1. The first-order valence-corrected chi connectivity index (χ1v) is 6.09. The molecule has 0 spiro atoms. The third-order valence-corrected chi connectivity index (χ3v) is 4.39. The highest BCUT2D eigenvalue weighted by atomic mass is 79.9. The average Bonchev–Trinajstić information content (AvgIpc) is 2.30. The van der Waals surface area contributed by atoms with Crippen molar-refractivity contribution in [2.75, 3.05) is 0 Å². The molecule has 0 radical (unpaired) electrons. The van der Waals surface area contributed by atoms with E-state index in [0.717, 1.165) is 0 Å². The molecule has 2 heteroatoms. The van der Waals surface area contributed by atoms with Gasteiger partial charge in [-0.3, -0.25) is 0 Å². The maximum atomic E-state index is 3.72. The molecule has 0 saturated carbocycles. The summed E-state index contributed by atoms with van der Waals surface area (Å²) in [5.41, 5.74) is 1.44. The standard InChI is InChI=1S/C10H15BrS/c1-4-5-9(11)10-7(2)6-8(3)12-10/h6,9H,4-5H2,1-3H3. The summed E-state index contributed by atoms with van der Waals surface area (Å²) in [6, 6.07) is 2.27. The van der Waals surface area contributed by atoms with Crippen molar-refractivity contribution in [1.29, 1.82) is 0 Å². The Hall–Kier alpha value is 0.180. The Morgan fingerprint density at radius 3 is 2.58 bits per heavy atom. The van der Waals surface area contributed by atoms with Gasteiger partial charge in [-0.15, -0.1) is 11.3 Å². The van der Waals surface area contributed by atoms with Gasteiger partial charge in [0.2, 0.25) is 0 Å². The summed E-state index contributed by atoms with van der Waals surface area (Å²) >= 11 is 5.64. The fraction of sp³-hybridized carbons (Fsp3) is 0.600. The Kier molecular flexibility index (Phi) is 3.78. The normalized spacial score (nSPS) is 13.3. The first kappa shape index (κ1) is 10.3. The van der Waals surface area contributed by atoms with Crippen LogP contribution in [0.2, 0.25) is 0 Å². The van der Waals surface area contributed by atoms with Gasteiger partial charge in [0.05, 0.1) is 0 Å². The number of rotatable bonds is 3. The van der Waals surface area contributed by atoms with Gasteiger partial charge in [0, 0.05) is 14.6 Å². The maximum Gasteiger partial charge on any atom is 0.0491 e. The Balaban J connectivity index is 2.79. The lowest BCUT2D eigenvalue weighted by molar-refractivity contribution is 0.794. The van der Waals surface area contributed by atoms with Crippen LogP contribution in [0.1, 0.15) is 39.9 Å². The molecule has 0 amide bonds. The van der Waals surface area contributed by atoms with Crippen molar-refractivity contribution in [3.63, 3.8) is 0 Å². The lowest BCUT2D eigenvalue weighted by Crippen LogP contribution is -1.86. The third kappa shape index (κ3) is 2.33. The van der Waals surface area contributed by atoms with Crippen molar-refractivity contribution < 1.29 is 0 Å². The molecule has 1 atom stereocenters. The highest BCUT2D eigenvalue weighted by molar-refractivity contribution is 9.09. The summed E-state index contributed by atoms with van der Waals surface area (Å²) < 4.78 is 0. The minimum absolute atomic E-state index is 0.571. The monoisotopic (exact) mass is 246 g/mol. The number of alkyl halides is 1. The highest BCUT2D eigenvalue weighted by Gasteiger charge is 2.11. The summed E-state index contributed by atoms with van der Waals surface area (Å²) in [5, 5.41) is 0. The Bertz CT molecular complexity index is 252. The van der Waals surface area contributed by atoms with Crippen molar-refractivity contribution in [1.82, 2.24) is 0 Å². The second kappa shape index (κ2) is 4.43. The number of hydrogen-bond acceptors (Lipinski definition) is 1. The van der Waals surface area contributed by atoms with Crippen LogP contribution in [0.15, 0.2) is 6.07 Å². The first-order chi connectivity index (χ1) is 5.65. The van der Waals surface area contributed by atoms with Crippen LogP contribution in [0.5, 0.6) is 0 Å². The van der Waals surface area contributed by atoms with Crippen LogP contribution in [0, 0.1) is 13.8 Å². The van der Waals surface area contributed by atoms with Gasteiger partial charge >= 0.3 is 0 Å². The van der Waals surface area contributed by atoms with E-state index in [1.54, 1.807) is 0 Å². The van der Waals surface area contributed by atoms with Crippen LogP contribution in [0.4, 0.5) is 0 Å². The summed E-state index contributed by atoms with van der Waals surface area (Å²) in [7, 11) is 0. The molecule has 0 fully saturated rings. The van der Waals surface area contributed by atoms with Gasteiger partial charge in [0.15, 0.2) is 0 Å². The van der Waals surface area contributed by atoms with Crippen molar-refractivity contribution in [2.45, 2.75) is 38.4 Å². The molecule has 0 saturated heterocycles. The van der Waals surface area contributed by atoms with Crippen molar-refractivity contribution in [3.8, 4) is 0 Å². The minimum atomic E-state index is 0.571. The van der Waals surface area contributed by atoms with E-state index in [0.29, 0.717) is 4.83 Å². The molecule has 1 unspecified atom stereocenters. The summed E-state index contributed by atoms with van der Waals surface area (Å²) in [4.78, 5) is 3.50. The molecule has 0 aromatic carbocycles. The van der Waals surface area contributed by atoms with Gasteiger partial charge in [-0.2, -0.15) is 0 Å². The van der Waals surface area contributed by atoms with E-state index in [1.165, 1.54) is 28.2 Å². The van der Waals surface area contributed by atoms with E-state index in [2.05, 4.69) is 42.8 Å². The number of aryl methyl sites for hydroxylation is 2. The summed E-state index contributed by atoms with van der Waals surface area (Å²) in [6.07, 6.45) is 2.48. The zero-order chi connectivity index (χ0) is 9.14. The van der Waals surface area contributed by atoms with Crippen LogP contribution in [0.25, 0.3) is 0 Å². The van der Waals surface area contributed by atoms with Gasteiger partial charge in [0.1, 0.15) is 0 Å².